The Morgan fingerprint density at radius 2 is 2.17 bits per heavy atom. The van der Waals surface area contributed by atoms with Gasteiger partial charge in [0, 0.05) is 18.3 Å². The van der Waals surface area contributed by atoms with Gasteiger partial charge in [0.25, 0.3) is 12.3 Å². The topological polar surface area (TPSA) is 84.2 Å². The van der Waals surface area contributed by atoms with Crippen molar-refractivity contribution in [2.24, 2.45) is 13.0 Å². The zero-order chi connectivity index (χ0) is 17.4. The Kier molecular flexibility index (Phi) is 4.76. The van der Waals surface area contributed by atoms with E-state index in [0.717, 1.165) is 17.0 Å². The Morgan fingerprint density at radius 1 is 1.52 bits per heavy atom. The van der Waals surface area contributed by atoms with E-state index < -0.39 is 40.5 Å². The van der Waals surface area contributed by atoms with Gasteiger partial charge in [-0.2, -0.15) is 5.10 Å². The molecule has 0 aromatic carbocycles. The van der Waals surface area contributed by atoms with E-state index in [-0.39, 0.29) is 5.03 Å². The maximum Gasteiger partial charge on any atom is 0.314 e. The lowest BCUT2D eigenvalue weighted by Crippen LogP contribution is -2.51. The Labute approximate surface area is 139 Å². The lowest BCUT2D eigenvalue weighted by molar-refractivity contribution is -0.140. The van der Waals surface area contributed by atoms with Gasteiger partial charge in [-0.1, -0.05) is 29.3 Å². The maximum atomic E-state index is 12.9. The summed E-state index contributed by atoms with van der Waals surface area (Å²) in [5.74, 6) is -3.61. The summed E-state index contributed by atoms with van der Waals surface area (Å²) in [5, 5.41) is 15.0. The fourth-order valence-corrected chi connectivity index (χ4v) is 2.80. The van der Waals surface area contributed by atoms with Crippen LogP contribution in [0, 0.1) is 5.92 Å². The predicted molar refractivity (Wildman–Crippen MR) is 78.4 cm³/mol. The quantitative estimate of drug-likeness (QED) is 0.633. The molecule has 23 heavy (non-hydrogen) atoms. The Morgan fingerprint density at radius 3 is 2.74 bits per heavy atom. The molecular weight excluding hydrogens is 355 g/mol. The van der Waals surface area contributed by atoms with Crippen LogP contribution < -0.4 is 5.32 Å². The summed E-state index contributed by atoms with van der Waals surface area (Å²) in [7, 11) is 1.37. The number of rotatable bonds is 4. The highest BCUT2D eigenvalue weighted by Gasteiger charge is 2.42. The molecule has 2 rings (SSSR count). The maximum absolute atomic E-state index is 12.9. The minimum Gasteiger partial charge on any atom is -0.481 e. The zero-order valence-electron chi connectivity index (χ0n) is 11.6. The number of nitrogens with one attached hydrogen (secondary N) is 1. The number of allylic oxidation sites excluding steroid dienone is 2. The van der Waals surface area contributed by atoms with Crippen LogP contribution in [0.2, 0.25) is 0 Å². The molecule has 1 aromatic rings. The molecule has 0 bridgehead atoms. The third-order valence-corrected chi connectivity index (χ3v) is 3.80. The van der Waals surface area contributed by atoms with Gasteiger partial charge in [0.1, 0.15) is 11.6 Å². The van der Waals surface area contributed by atoms with E-state index in [1.165, 1.54) is 19.2 Å². The highest BCUT2D eigenvalue weighted by Crippen LogP contribution is 2.33. The Bertz CT molecular complexity index is 717. The molecule has 0 saturated carbocycles. The number of carbonyl (C=O) groups excluding carboxylic acids is 1. The molecule has 1 amide bonds. The molecule has 1 heterocycles. The molecule has 0 spiro atoms. The van der Waals surface area contributed by atoms with E-state index in [0.29, 0.717) is 0 Å². The average molecular weight is 366 g/mol. The summed E-state index contributed by atoms with van der Waals surface area (Å²) in [6.07, 6.45) is 1.78. The largest absolute Gasteiger partial charge is 0.481 e. The second-order valence-corrected chi connectivity index (χ2v) is 5.89. The number of halogens is 4. The van der Waals surface area contributed by atoms with E-state index in [2.05, 4.69) is 10.4 Å². The number of hydrogen-bond donors (Lipinski definition) is 2. The van der Waals surface area contributed by atoms with Gasteiger partial charge in [-0.15, -0.1) is 0 Å². The molecule has 1 aliphatic carbocycles. The summed E-state index contributed by atoms with van der Waals surface area (Å²) in [4.78, 5) is 21.7. The van der Waals surface area contributed by atoms with Gasteiger partial charge in [-0.3, -0.25) is 14.3 Å². The van der Waals surface area contributed by atoms with Crippen LogP contribution in [0.3, 0.4) is 0 Å². The number of carboxylic acid groups (broad SMARTS) is 1. The van der Waals surface area contributed by atoms with Crippen molar-refractivity contribution in [1.29, 1.82) is 0 Å². The van der Waals surface area contributed by atoms with Gasteiger partial charge in [0.05, 0.1) is 5.56 Å². The van der Waals surface area contributed by atoms with Crippen LogP contribution in [-0.2, 0) is 11.8 Å². The zero-order valence-corrected chi connectivity index (χ0v) is 13.1. The third-order valence-electron chi connectivity index (χ3n) is 3.13. The lowest BCUT2D eigenvalue weighted by atomic mass is 9.94. The van der Waals surface area contributed by atoms with Crippen LogP contribution >= 0.6 is 23.2 Å². The second-order valence-electron chi connectivity index (χ2n) is 4.83. The van der Waals surface area contributed by atoms with Crippen LogP contribution in [0.4, 0.5) is 8.78 Å². The average Bonchev–Trinajstić information content (AvgIpc) is 2.80. The molecule has 1 unspecified atom stereocenters. The van der Waals surface area contributed by atoms with Crippen molar-refractivity contribution in [3.8, 4) is 0 Å². The van der Waals surface area contributed by atoms with Gasteiger partial charge in [-0.25, -0.2) is 8.78 Å². The summed E-state index contributed by atoms with van der Waals surface area (Å²) in [6, 6.07) is 0. The fraction of sp³-hybridized carbons (Fsp3) is 0.308. The molecule has 0 aliphatic heterocycles. The minimum atomic E-state index is -2.97. The molecule has 124 valence electrons. The van der Waals surface area contributed by atoms with E-state index in [1.807, 2.05) is 0 Å². The molecule has 2 atom stereocenters. The number of alkyl halides is 3. The smallest absolute Gasteiger partial charge is 0.314 e. The van der Waals surface area contributed by atoms with Gasteiger partial charge in [-0.05, 0) is 12.2 Å². The van der Waals surface area contributed by atoms with Crippen molar-refractivity contribution >= 4 is 35.1 Å². The second kappa shape index (κ2) is 6.29. The van der Waals surface area contributed by atoms with Gasteiger partial charge in [0.2, 0.25) is 0 Å². The van der Waals surface area contributed by atoms with E-state index in [1.54, 1.807) is 0 Å². The lowest BCUT2D eigenvalue weighted by Gasteiger charge is -2.31. The van der Waals surface area contributed by atoms with E-state index in [9.17, 15) is 23.5 Å². The molecule has 1 aromatic heterocycles. The molecule has 10 heteroatoms. The first kappa shape index (κ1) is 17.4. The fourth-order valence-electron chi connectivity index (χ4n) is 2.13. The van der Waals surface area contributed by atoms with Crippen LogP contribution in [0.1, 0.15) is 22.5 Å². The monoisotopic (exact) mass is 365 g/mol. The summed E-state index contributed by atoms with van der Waals surface area (Å²) >= 11 is 12.0. The molecule has 0 saturated heterocycles. The van der Waals surface area contributed by atoms with Crippen LogP contribution in [-0.4, -0.2) is 31.8 Å². The number of aliphatic carboxylic acids is 1. The molecule has 2 N–H and O–H groups in total. The van der Waals surface area contributed by atoms with Crippen molar-refractivity contribution in [1.82, 2.24) is 15.1 Å². The number of aryl methyl sites for hydroxylation is 1. The molecule has 6 nitrogen and oxygen atoms in total. The Hall–Kier alpha value is -1.93. The number of hydrogen-bond acceptors (Lipinski definition) is 3. The molecular formula is C13H11Cl2F2N3O3. The summed E-state index contributed by atoms with van der Waals surface area (Å²) in [6.45, 7) is 0. The first-order valence-electron chi connectivity index (χ1n) is 6.26. The predicted octanol–water partition coefficient (Wildman–Crippen LogP) is 2.42. The van der Waals surface area contributed by atoms with Crippen LogP contribution in [0.25, 0.3) is 0 Å². The van der Waals surface area contributed by atoms with Gasteiger partial charge in [0.15, 0.2) is 5.00 Å². The number of carbonyl (C=O) groups is 2. The van der Waals surface area contributed by atoms with Crippen molar-refractivity contribution < 1.29 is 23.5 Å². The van der Waals surface area contributed by atoms with Gasteiger partial charge < -0.3 is 10.4 Å². The van der Waals surface area contributed by atoms with Crippen LogP contribution in [0.5, 0.6) is 0 Å². The van der Waals surface area contributed by atoms with Crippen molar-refractivity contribution in [3.05, 3.63) is 40.7 Å². The number of amides is 1. The highest BCUT2D eigenvalue weighted by molar-refractivity contribution is 6.34. The molecule has 0 radical (unpaired) electrons. The van der Waals surface area contributed by atoms with E-state index in [4.69, 9.17) is 23.2 Å². The van der Waals surface area contributed by atoms with Crippen molar-refractivity contribution in [3.63, 3.8) is 0 Å². The Balaban J connectivity index is 2.35. The first-order chi connectivity index (χ1) is 10.6. The highest BCUT2D eigenvalue weighted by atomic mass is 35.5. The molecule has 1 aliphatic rings. The third kappa shape index (κ3) is 3.53. The summed E-state index contributed by atoms with van der Waals surface area (Å²) < 4.78 is 26.9. The number of carboxylic acids is 1. The molecule has 0 fully saturated rings. The SMILES string of the molecule is Cn1cc(C(=O)NC2(Cl)C=C(Cl)C=C[C@H]2C(=O)O)c(C(F)F)n1. The summed E-state index contributed by atoms with van der Waals surface area (Å²) in [5.41, 5.74) is -1.12. The first-order valence-corrected chi connectivity index (χ1v) is 7.02. The van der Waals surface area contributed by atoms with Crippen LogP contribution in [0.15, 0.2) is 29.5 Å². The minimum absolute atomic E-state index is 0.109. The van der Waals surface area contributed by atoms with Gasteiger partial charge >= 0.3 is 5.97 Å². The normalized spacial score (nSPS) is 23.7. The number of nitrogens with zero attached hydrogens (tertiary/aromatic N) is 2. The number of aromatic nitrogens is 2. The van der Waals surface area contributed by atoms with Crippen molar-refractivity contribution in [2.45, 2.75) is 11.4 Å². The standard InChI is InChI=1S/C13H11Cl2F2N3O3/c1-20-5-7(9(19-20)10(16)17)11(21)18-13(15)4-6(14)2-3-8(13)12(22)23/h2-5,8,10H,1H3,(H,18,21)(H,22,23)/t8-,13?/m0/s1. The van der Waals surface area contributed by atoms with E-state index >= 15 is 0 Å². The van der Waals surface area contributed by atoms with Crippen molar-refractivity contribution in [2.75, 3.05) is 0 Å².